The Morgan fingerprint density at radius 1 is 1.19 bits per heavy atom. The molecule has 0 aromatic heterocycles. The summed E-state index contributed by atoms with van der Waals surface area (Å²) in [6.07, 6.45) is 1.77. The molecule has 2 amide bonds. The molecule has 0 aliphatic carbocycles. The molecule has 3 unspecified atom stereocenters. The molecule has 2 aliphatic rings. The summed E-state index contributed by atoms with van der Waals surface area (Å²) in [5.74, 6) is -1.24. The van der Waals surface area contributed by atoms with Gasteiger partial charge in [0.15, 0.2) is 5.78 Å². The molecule has 0 spiro atoms. The van der Waals surface area contributed by atoms with Gasteiger partial charge in [-0.15, -0.1) is 0 Å². The minimum atomic E-state index is -0.928. The molecule has 2 aliphatic heterocycles. The average Bonchev–Trinajstić information content (AvgIpc) is 3.38. The highest BCUT2D eigenvalue weighted by Crippen LogP contribution is 2.29. The molecule has 7 heteroatoms. The lowest BCUT2D eigenvalue weighted by molar-refractivity contribution is -0.139. The zero-order valence-corrected chi connectivity index (χ0v) is 16.9. The Morgan fingerprint density at radius 3 is 2.58 bits per heavy atom. The topological polar surface area (TPSA) is 66.9 Å². The number of rotatable bonds is 6. The summed E-state index contributed by atoms with van der Waals surface area (Å²) in [5, 5.41) is 0. The van der Waals surface area contributed by atoms with E-state index in [4.69, 9.17) is 4.74 Å². The van der Waals surface area contributed by atoms with Gasteiger partial charge in [0.2, 0.25) is 5.91 Å². The molecular weight excluding hydrogens is 399 g/mol. The van der Waals surface area contributed by atoms with Gasteiger partial charge in [-0.3, -0.25) is 14.4 Å². The molecule has 6 nitrogen and oxygen atoms in total. The Kier molecular flexibility index (Phi) is 5.95. The number of ketones is 1. The molecule has 0 bridgehead atoms. The number of ether oxygens (including phenoxy) is 1. The summed E-state index contributed by atoms with van der Waals surface area (Å²) in [6, 6.07) is 12.9. The molecule has 0 radical (unpaired) electrons. The third-order valence-electron chi connectivity index (χ3n) is 5.81. The maximum Gasteiger partial charge on any atom is 0.258 e. The second-order valence-corrected chi connectivity index (χ2v) is 7.69. The average molecular weight is 422 g/mol. The maximum absolute atomic E-state index is 13.6. The third-order valence-corrected chi connectivity index (χ3v) is 5.81. The molecule has 3 atom stereocenters. The van der Waals surface area contributed by atoms with E-state index in [1.165, 1.54) is 28.1 Å². The molecule has 160 valence electrons. The monoisotopic (exact) mass is 422 g/mol. The first kappa shape index (κ1) is 20.9. The van der Waals surface area contributed by atoms with Crippen LogP contribution >= 0.6 is 0 Å². The van der Waals surface area contributed by atoms with E-state index in [1.807, 2.05) is 0 Å². The first-order chi connectivity index (χ1) is 15.0. The number of Topliss-reactive ketones (excluding diaryl/α,β-unsaturated/α-hetero) is 1. The van der Waals surface area contributed by atoms with Crippen molar-refractivity contribution in [1.82, 2.24) is 9.80 Å². The van der Waals surface area contributed by atoms with Crippen LogP contribution in [0, 0.1) is 5.82 Å². The van der Waals surface area contributed by atoms with Gasteiger partial charge in [-0.1, -0.05) is 36.9 Å². The minimum Gasteiger partial charge on any atom is -0.368 e. The first-order valence-corrected chi connectivity index (χ1v) is 10.2. The van der Waals surface area contributed by atoms with Crippen LogP contribution in [0.15, 0.2) is 67.4 Å². The number of likely N-dealkylation sites (tertiary alicyclic amines) is 1. The van der Waals surface area contributed by atoms with Crippen LogP contribution in [0.4, 0.5) is 4.39 Å². The van der Waals surface area contributed by atoms with E-state index in [0.717, 1.165) is 0 Å². The van der Waals surface area contributed by atoms with E-state index in [0.29, 0.717) is 24.1 Å². The fourth-order valence-corrected chi connectivity index (χ4v) is 4.26. The van der Waals surface area contributed by atoms with Crippen LogP contribution in [0.1, 0.15) is 22.3 Å². The lowest BCUT2D eigenvalue weighted by Crippen LogP contribution is -2.53. The quantitative estimate of drug-likeness (QED) is 0.718. The fraction of sp³-hybridized carbons (Fsp3) is 0.292. The molecule has 0 N–H and O–H groups in total. The Bertz CT molecular complexity index is 992. The van der Waals surface area contributed by atoms with Crippen LogP contribution in [0.5, 0.6) is 0 Å². The summed E-state index contributed by atoms with van der Waals surface area (Å²) in [5.41, 5.74) is 1.11. The van der Waals surface area contributed by atoms with Crippen molar-refractivity contribution in [2.45, 2.75) is 31.0 Å². The Hall–Kier alpha value is -3.32. The highest BCUT2D eigenvalue weighted by atomic mass is 19.1. The van der Waals surface area contributed by atoms with Gasteiger partial charge in [0.1, 0.15) is 24.5 Å². The standard InChI is InChI=1S/C24H23FN2O4/c1-2-26(23(29)17-6-4-3-5-7-17)19(14-16-8-10-18(25)11-9-16)24(30)27-13-12-21-22(27)20(28)15-31-21/h2-11,19,21-22H,1,12-15H2. The van der Waals surface area contributed by atoms with Gasteiger partial charge in [0, 0.05) is 24.7 Å². The third kappa shape index (κ3) is 4.14. The Balaban J connectivity index is 1.67. The van der Waals surface area contributed by atoms with Crippen molar-refractivity contribution in [3.8, 4) is 0 Å². The van der Waals surface area contributed by atoms with E-state index in [1.54, 1.807) is 42.5 Å². The van der Waals surface area contributed by atoms with Gasteiger partial charge in [0.25, 0.3) is 5.91 Å². The normalized spacial score (nSPS) is 20.9. The van der Waals surface area contributed by atoms with Gasteiger partial charge >= 0.3 is 0 Å². The molecule has 2 aromatic carbocycles. The predicted molar refractivity (Wildman–Crippen MR) is 112 cm³/mol. The molecule has 2 saturated heterocycles. The highest BCUT2D eigenvalue weighted by molar-refractivity contribution is 6.00. The van der Waals surface area contributed by atoms with E-state index in [-0.39, 0.29) is 42.5 Å². The number of carbonyl (C=O) groups excluding carboxylic acids is 3. The number of nitrogens with zero attached hydrogens (tertiary/aromatic N) is 2. The number of hydrogen-bond acceptors (Lipinski definition) is 4. The zero-order chi connectivity index (χ0) is 22.0. The number of carbonyl (C=O) groups is 3. The molecular formula is C24H23FN2O4. The highest BCUT2D eigenvalue weighted by Gasteiger charge is 2.48. The van der Waals surface area contributed by atoms with Crippen molar-refractivity contribution in [3.05, 3.63) is 84.3 Å². The fourth-order valence-electron chi connectivity index (χ4n) is 4.26. The van der Waals surface area contributed by atoms with Gasteiger partial charge in [-0.25, -0.2) is 4.39 Å². The summed E-state index contributed by atoms with van der Waals surface area (Å²) < 4.78 is 18.9. The van der Waals surface area contributed by atoms with Crippen LogP contribution in [0.3, 0.4) is 0 Å². The largest absolute Gasteiger partial charge is 0.368 e. The van der Waals surface area contributed by atoms with Crippen LogP contribution in [-0.2, 0) is 20.7 Å². The van der Waals surface area contributed by atoms with Crippen LogP contribution < -0.4 is 0 Å². The van der Waals surface area contributed by atoms with Gasteiger partial charge in [0.05, 0.1) is 6.10 Å². The minimum absolute atomic E-state index is 0.00411. The molecule has 4 rings (SSSR count). The molecule has 0 saturated carbocycles. The Morgan fingerprint density at radius 2 is 1.90 bits per heavy atom. The molecule has 31 heavy (non-hydrogen) atoms. The second kappa shape index (κ2) is 8.81. The predicted octanol–water partition coefficient (Wildman–Crippen LogP) is 2.59. The molecule has 2 fully saturated rings. The van der Waals surface area contributed by atoms with Crippen molar-refractivity contribution >= 4 is 17.6 Å². The van der Waals surface area contributed by atoms with Crippen molar-refractivity contribution in [1.29, 1.82) is 0 Å². The zero-order valence-electron chi connectivity index (χ0n) is 16.9. The molecule has 2 aromatic rings. The van der Waals surface area contributed by atoms with Crippen molar-refractivity contribution in [2.24, 2.45) is 0 Å². The van der Waals surface area contributed by atoms with E-state index in [9.17, 15) is 18.8 Å². The smallest absolute Gasteiger partial charge is 0.258 e. The Labute approximate surface area is 179 Å². The van der Waals surface area contributed by atoms with Gasteiger partial charge in [-0.05, 0) is 36.2 Å². The van der Waals surface area contributed by atoms with Crippen molar-refractivity contribution in [3.63, 3.8) is 0 Å². The van der Waals surface area contributed by atoms with Crippen molar-refractivity contribution in [2.75, 3.05) is 13.2 Å². The van der Waals surface area contributed by atoms with Crippen LogP contribution in [-0.4, -0.2) is 58.7 Å². The van der Waals surface area contributed by atoms with Gasteiger partial charge in [-0.2, -0.15) is 0 Å². The van der Waals surface area contributed by atoms with Crippen LogP contribution in [0.25, 0.3) is 0 Å². The van der Waals surface area contributed by atoms with Crippen LogP contribution in [0.2, 0.25) is 0 Å². The number of benzene rings is 2. The second-order valence-electron chi connectivity index (χ2n) is 7.69. The number of halogens is 1. The SMILES string of the molecule is C=CN(C(=O)c1ccccc1)C(Cc1ccc(F)cc1)C(=O)N1CCC2OCC(=O)C21. The summed E-state index contributed by atoms with van der Waals surface area (Å²) in [4.78, 5) is 42.0. The van der Waals surface area contributed by atoms with E-state index in [2.05, 4.69) is 6.58 Å². The lowest BCUT2D eigenvalue weighted by atomic mass is 10.0. The first-order valence-electron chi connectivity index (χ1n) is 10.2. The number of amides is 2. The summed E-state index contributed by atoms with van der Waals surface area (Å²) >= 11 is 0. The molecule has 2 heterocycles. The number of hydrogen-bond donors (Lipinski definition) is 0. The van der Waals surface area contributed by atoms with Gasteiger partial charge < -0.3 is 14.5 Å². The van der Waals surface area contributed by atoms with E-state index >= 15 is 0 Å². The number of fused-ring (bicyclic) bond motifs is 1. The summed E-state index contributed by atoms with van der Waals surface area (Å²) in [6.45, 7) is 4.13. The lowest BCUT2D eigenvalue weighted by Gasteiger charge is -2.33. The van der Waals surface area contributed by atoms with E-state index < -0.39 is 12.1 Å². The summed E-state index contributed by atoms with van der Waals surface area (Å²) in [7, 11) is 0. The maximum atomic E-state index is 13.6. The van der Waals surface area contributed by atoms with Crippen molar-refractivity contribution < 1.29 is 23.5 Å².